The molecule has 1 atom stereocenters. The maximum Gasteiger partial charge on any atom is 0.276 e. The molecule has 0 N–H and O–H groups in total. The third-order valence-corrected chi connectivity index (χ3v) is 4.73. The van der Waals surface area contributed by atoms with Gasteiger partial charge in [-0.2, -0.15) is 0 Å². The van der Waals surface area contributed by atoms with Crippen molar-refractivity contribution in [3.05, 3.63) is 65.8 Å². The van der Waals surface area contributed by atoms with Gasteiger partial charge in [-0.25, -0.2) is 4.98 Å². The lowest BCUT2D eigenvalue weighted by atomic mass is 9.96. The second kappa shape index (κ2) is 7.11. The monoisotopic (exact) mass is 351 g/mol. The van der Waals surface area contributed by atoms with Crippen molar-refractivity contribution in [2.75, 3.05) is 13.1 Å². The average Bonchev–Trinajstić information content (AvgIpc) is 3.31. The van der Waals surface area contributed by atoms with E-state index in [2.05, 4.69) is 19.7 Å². The van der Waals surface area contributed by atoms with Crippen LogP contribution in [0.4, 0.5) is 0 Å². The maximum atomic E-state index is 12.7. The van der Waals surface area contributed by atoms with E-state index in [1.165, 1.54) is 0 Å². The summed E-state index contributed by atoms with van der Waals surface area (Å²) in [7, 11) is 0. The number of imidazole rings is 1. The van der Waals surface area contributed by atoms with Gasteiger partial charge in [-0.3, -0.25) is 9.78 Å². The first-order valence-corrected chi connectivity index (χ1v) is 8.84. The van der Waals surface area contributed by atoms with Gasteiger partial charge in [0.25, 0.3) is 5.91 Å². The third-order valence-electron chi connectivity index (χ3n) is 4.73. The van der Waals surface area contributed by atoms with Gasteiger partial charge in [0, 0.05) is 43.7 Å². The van der Waals surface area contributed by atoms with E-state index < -0.39 is 0 Å². The number of pyridine rings is 1. The van der Waals surface area contributed by atoms with E-state index in [4.69, 9.17) is 4.52 Å². The van der Waals surface area contributed by atoms with Crippen molar-refractivity contribution in [3.63, 3.8) is 0 Å². The van der Waals surface area contributed by atoms with Gasteiger partial charge in [0.05, 0.1) is 12.2 Å². The Labute approximate surface area is 151 Å². The normalized spacial score (nSPS) is 17.4. The molecule has 26 heavy (non-hydrogen) atoms. The molecule has 7 nitrogen and oxygen atoms in total. The van der Waals surface area contributed by atoms with Crippen LogP contribution < -0.4 is 0 Å². The fraction of sp³-hybridized carbons (Fsp3) is 0.368. The van der Waals surface area contributed by atoms with Crippen LogP contribution in [0, 0.1) is 6.92 Å². The Hall–Kier alpha value is -2.96. The first kappa shape index (κ1) is 16.5. The summed E-state index contributed by atoms with van der Waals surface area (Å²) >= 11 is 0. The second-order valence-corrected chi connectivity index (χ2v) is 6.65. The smallest absolute Gasteiger partial charge is 0.276 e. The lowest BCUT2D eigenvalue weighted by molar-refractivity contribution is 0.0693. The Morgan fingerprint density at radius 1 is 1.31 bits per heavy atom. The van der Waals surface area contributed by atoms with Crippen LogP contribution in [-0.4, -0.2) is 43.6 Å². The SMILES string of the molecule is Cc1cc(C(=O)N2CCC[C@H](c3nccn3Cc3ccccn3)C2)no1. The van der Waals surface area contributed by atoms with Gasteiger partial charge in [-0.1, -0.05) is 11.2 Å². The molecular formula is C19H21N5O2. The van der Waals surface area contributed by atoms with Gasteiger partial charge in [0.15, 0.2) is 5.69 Å². The summed E-state index contributed by atoms with van der Waals surface area (Å²) in [6.45, 7) is 3.85. The molecule has 0 bridgehead atoms. The molecule has 0 saturated carbocycles. The number of amides is 1. The Kier molecular flexibility index (Phi) is 4.51. The first-order valence-electron chi connectivity index (χ1n) is 8.84. The largest absolute Gasteiger partial charge is 0.361 e. The predicted octanol–water partition coefficient (Wildman–Crippen LogP) is 2.64. The van der Waals surface area contributed by atoms with Crippen LogP contribution in [0.3, 0.4) is 0 Å². The van der Waals surface area contributed by atoms with Crippen LogP contribution in [-0.2, 0) is 6.54 Å². The molecule has 1 aliphatic heterocycles. The number of nitrogens with zero attached hydrogens (tertiary/aromatic N) is 5. The van der Waals surface area contributed by atoms with Crippen LogP contribution in [0.25, 0.3) is 0 Å². The molecule has 3 aromatic heterocycles. The summed E-state index contributed by atoms with van der Waals surface area (Å²) in [6.07, 6.45) is 7.56. The number of rotatable bonds is 4. The molecule has 4 heterocycles. The van der Waals surface area contributed by atoms with E-state index in [0.717, 1.165) is 30.9 Å². The quantitative estimate of drug-likeness (QED) is 0.722. The van der Waals surface area contributed by atoms with Crippen LogP contribution in [0.2, 0.25) is 0 Å². The zero-order valence-corrected chi connectivity index (χ0v) is 14.7. The molecule has 1 aliphatic rings. The van der Waals surface area contributed by atoms with Crippen LogP contribution in [0.1, 0.15) is 46.5 Å². The van der Waals surface area contributed by atoms with Gasteiger partial charge in [-0.05, 0) is 31.9 Å². The van der Waals surface area contributed by atoms with Crippen LogP contribution >= 0.6 is 0 Å². The molecule has 3 aromatic rings. The number of aryl methyl sites for hydroxylation is 1. The minimum absolute atomic E-state index is 0.0746. The van der Waals surface area contributed by atoms with Crippen LogP contribution in [0.5, 0.6) is 0 Å². The van der Waals surface area contributed by atoms with Crippen molar-refractivity contribution in [2.24, 2.45) is 0 Å². The van der Waals surface area contributed by atoms with Crippen molar-refractivity contribution in [3.8, 4) is 0 Å². The molecule has 1 fully saturated rings. The Balaban J connectivity index is 1.50. The number of aromatic nitrogens is 4. The highest BCUT2D eigenvalue weighted by molar-refractivity contribution is 5.92. The standard InChI is InChI=1S/C19H21N5O2/c1-14-11-17(22-26-14)19(25)24-9-4-5-15(12-24)18-21-8-10-23(18)13-16-6-2-3-7-20-16/h2-3,6-8,10-11,15H,4-5,9,12-13H2,1H3/t15-/m0/s1. The number of carbonyl (C=O) groups is 1. The highest BCUT2D eigenvalue weighted by atomic mass is 16.5. The lowest BCUT2D eigenvalue weighted by Crippen LogP contribution is -2.40. The molecular weight excluding hydrogens is 330 g/mol. The number of hydrogen-bond acceptors (Lipinski definition) is 5. The van der Waals surface area contributed by atoms with E-state index in [-0.39, 0.29) is 11.8 Å². The Morgan fingerprint density at radius 2 is 2.23 bits per heavy atom. The van der Waals surface area contributed by atoms with Crippen LogP contribution in [0.15, 0.2) is 47.4 Å². The first-order chi connectivity index (χ1) is 12.7. The zero-order chi connectivity index (χ0) is 17.9. The highest BCUT2D eigenvalue weighted by Gasteiger charge is 2.29. The van der Waals surface area contributed by atoms with E-state index in [1.807, 2.05) is 35.5 Å². The number of carbonyl (C=O) groups excluding carboxylic acids is 1. The highest BCUT2D eigenvalue weighted by Crippen LogP contribution is 2.27. The summed E-state index contributed by atoms with van der Waals surface area (Å²) in [4.78, 5) is 23.5. The van der Waals surface area contributed by atoms with Crippen molar-refractivity contribution >= 4 is 5.91 Å². The summed E-state index contributed by atoms with van der Waals surface area (Å²) in [5, 5.41) is 3.86. The molecule has 0 unspecified atom stereocenters. The number of piperidine rings is 1. The fourth-order valence-electron chi connectivity index (χ4n) is 3.48. The molecule has 4 rings (SSSR count). The average molecular weight is 351 g/mol. The maximum absolute atomic E-state index is 12.7. The second-order valence-electron chi connectivity index (χ2n) is 6.65. The lowest BCUT2D eigenvalue weighted by Gasteiger charge is -2.32. The van der Waals surface area contributed by atoms with Gasteiger partial charge >= 0.3 is 0 Å². The molecule has 134 valence electrons. The Morgan fingerprint density at radius 3 is 3.00 bits per heavy atom. The predicted molar refractivity (Wildman–Crippen MR) is 94.7 cm³/mol. The number of hydrogen-bond donors (Lipinski definition) is 0. The molecule has 0 spiro atoms. The molecule has 7 heteroatoms. The molecule has 0 aliphatic carbocycles. The molecule has 1 amide bonds. The van der Waals surface area contributed by atoms with Crippen molar-refractivity contribution in [1.82, 2.24) is 24.6 Å². The van der Waals surface area contributed by atoms with Crippen molar-refractivity contribution in [2.45, 2.75) is 32.2 Å². The van der Waals surface area contributed by atoms with E-state index in [0.29, 0.717) is 24.5 Å². The minimum atomic E-state index is -0.0746. The summed E-state index contributed by atoms with van der Waals surface area (Å²) < 4.78 is 7.17. The topological polar surface area (TPSA) is 77.1 Å². The van der Waals surface area contributed by atoms with Crippen molar-refractivity contribution in [1.29, 1.82) is 0 Å². The number of likely N-dealkylation sites (tertiary alicyclic amines) is 1. The van der Waals surface area contributed by atoms with Gasteiger partial charge in [0.2, 0.25) is 0 Å². The van der Waals surface area contributed by atoms with Gasteiger partial charge in [-0.15, -0.1) is 0 Å². The summed E-state index contributed by atoms with van der Waals surface area (Å²) in [5.41, 5.74) is 1.37. The third kappa shape index (κ3) is 3.37. The van der Waals surface area contributed by atoms with E-state index in [1.54, 1.807) is 19.2 Å². The molecule has 1 saturated heterocycles. The fourth-order valence-corrected chi connectivity index (χ4v) is 3.48. The van der Waals surface area contributed by atoms with Gasteiger partial charge < -0.3 is 14.0 Å². The molecule has 0 radical (unpaired) electrons. The van der Waals surface area contributed by atoms with Gasteiger partial charge in [0.1, 0.15) is 11.6 Å². The van der Waals surface area contributed by atoms with Crippen molar-refractivity contribution < 1.29 is 9.32 Å². The minimum Gasteiger partial charge on any atom is -0.361 e. The molecule has 0 aromatic carbocycles. The van der Waals surface area contributed by atoms with E-state index >= 15 is 0 Å². The summed E-state index contributed by atoms with van der Waals surface area (Å²) in [5.74, 6) is 1.78. The Bertz CT molecular complexity index is 886. The van der Waals surface area contributed by atoms with E-state index in [9.17, 15) is 4.79 Å². The summed E-state index contributed by atoms with van der Waals surface area (Å²) in [6, 6.07) is 7.59. The zero-order valence-electron chi connectivity index (χ0n) is 14.7.